The molecule has 4 rings (SSSR count). The van der Waals surface area contributed by atoms with Crippen molar-refractivity contribution in [3.05, 3.63) is 66.5 Å². The van der Waals surface area contributed by atoms with Crippen LogP contribution < -0.4 is 25.0 Å². The molecule has 1 aliphatic rings. The van der Waals surface area contributed by atoms with Crippen molar-refractivity contribution in [3.63, 3.8) is 0 Å². The van der Waals surface area contributed by atoms with Crippen molar-refractivity contribution in [2.45, 2.75) is 19.0 Å². The van der Waals surface area contributed by atoms with Crippen molar-refractivity contribution in [1.82, 2.24) is 20.4 Å². The van der Waals surface area contributed by atoms with E-state index in [0.717, 1.165) is 54.0 Å². The highest BCUT2D eigenvalue weighted by Crippen LogP contribution is 2.30. The quantitative estimate of drug-likeness (QED) is 0.440. The Kier molecular flexibility index (Phi) is 6.79. The molecule has 0 radical (unpaired) electrons. The predicted octanol–water partition coefficient (Wildman–Crippen LogP) is 2.83. The number of ether oxygens (including phenoxy) is 2. The minimum Gasteiger partial charge on any atom is -0.497 e. The maximum atomic E-state index is 5.41. The summed E-state index contributed by atoms with van der Waals surface area (Å²) in [5, 5.41) is 11.5. The largest absolute Gasteiger partial charge is 0.497 e. The molecule has 1 atom stereocenters. The number of para-hydroxylation sites is 1. The fourth-order valence-electron chi connectivity index (χ4n) is 3.83. The lowest BCUT2D eigenvalue weighted by Gasteiger charge is -2.21. The Labute approximate surface area is 188 Å². The highest BCUT2D eigenvalue weighted by molar-refractivity contribution is 5.80. The summed E-state index contributed by atoms with van der Waals surface area (Å²) in [6.45, 7) is 2.43. The smallest absolute Gasteiger partial charge is 0.191 e. The van der Waals surface area contributed by atoms with Gasteiger partial charge in [0.2, 0.25) is 0 Å². The zero-order chi connectivity index (χ0) is 22.3. The first kappa shape index (κ1) is 21.5. The fraction of sp³-hybridized carbons (Fsp3) is 0.333. The van der Waals surface area contributed by atoms with Crippen molar-refractivity contribution in [3.8, 4) is 17.2 Å². The molecule has 2 aromatic carbocycles. The van der Waals surface area contributed by atoms with E-state index in [0.29, 0.717) is 12.6 Å². The van der Waals surface area contributed by atoms with Gasteiger partial charge >= 0.3 is 0 Å². The van der Waals surface area contributed by atoms with Crippen LogP contribution in [-0.2, 0) is 6.54 Å². The Morgan fingerprint density at radius 1 is 1.06 bits per heavy atom. The van der Waals surface area contributed by atoms with Crippen molar-refractivity contribution in [2.24, 2.45) is 4.99 Å². The number of rotatable bonds is 7. The van der Waals surface area contributed by atoms with E-state index in [-0.39, 0.29) is 0 Å². The lowest BCUT2D eigenvalue weighted by Crippen LogP contribution is -2.44. The number of hydrogen-bond donors (Lipinski definition) is 2. The van der Waals surface area contributed by atoms with Crippen LogP contribution in [0.5, 0.6) is 11.5 Å². The van der Waals surface area contributed by atoms with Gasteiger partial charge in [0.25, 0.3) is 0 Å². The van der Waals surface area contributed by atoms with Gasteiger partial charge in [0.15, 0.2) is 5.96 Å². The first-order valence-electron chi connectivity index (χ1n) is 10.7. The summed E-state index contributed by atoms with van der Waals surface area (Å²) < 4.78 is 12.7. The standard InChI is InChI=1S/C24H30N6O2/c1-25-24(26-16-18-10-12-30(28-18)20-7-5-4-6-8-20)27-19-9-11-29(17-19)21-13-22(31-2)15-23(14-21)32-3/h4-8,10,12-15,19H,9,11,16-17H2,1-3H3,(H2,25,26,27). The van der Waals surface area contributed by atoms with Crippen LogP contribution in [0.1, 0.15) is 12.1 Å². The number of nitrogens with one attached hydrogen (secondary N) is 2. The average Bonchev–Trinajstić information content (AvgIpc) is 3.52. The lowest BCUT2D eigenvalue weighted by molar-refractivity contribution is 0.394. The van der Waals surface area contributed by atoms with Gasteiger partial charge < -0.3 is 25.0 Å². The Morgan fingerprint density at radius 3 is 2.50 bits per heavy atom. The van der Waals surface area contributed by atoms with Gasteiger partial charge in [0, 0.05) is 56.3 Å². The normalized spacial score (nSPS) is 16.2. The molecule has 1 fully saturated rings. The Balaban J connectivity index is 1.32. The van der Waals surface area contributed by atoms with Gasteiger partial charge in [-0.15, -0.1) is 0 Å². The van der Waals surface area contributed by atoms with Crippen LogP contribution in [-0.4, -0.2) is 56.1 Å². The van der Waals surface area contributed by atoms with Crippen LogP contribution in [0.15, 0.2) is 65.8 Å². The van der Waals surface area contributed by atoms with E-state index in [9.17, 15) is 0 Å². The second kappa shape index (κ2) is 10.1. The molecule has 168 valence electrons. The summed E-state index contributed by atoms with van der Waals surface area (Å²) in [5.41, 5.74) is 3.09. The van der Waals surface area contributed by atoms with Crippen LogP contribution in [0.2, 0.25) is 0 Å². The molecule has 1 aliphatic heterocycles. The molecule has 8 heteroatoms. The van der Waals surface area contributed by atoms with Gasteiger partial charge in [-0.1, -0.05) is 18.2 Å². The summed E-state index contributed by atoms with van der Waals surface area (Å²) in [4.78, 5) is 6.72. The van der Waals surface area contributed by atoms with E-state index in [1.165, 1.54) is 0 Å². The number of aromatic nitrogens is 2. The summed E-state index contributed by atoms with van der Waals surface area (Å²) >= 11 is 0. The van der Waals surface area contributed by atoms with Crippen molar-refractivity contribution < 1.29 is 9.47 Å². The summed E-state index contributed by atoms with van der Waals surface area (Å²) in [5.74, 6) is 2.36. The molecule has 1 unspecified atom stereocenters. The van der Waals surface area contributed by atoms with Crippen molar-refractivity contribution in [2.75, 3.05) is 39.3 Å². The molecule has 1 aromatic heterocycles. The summed E-state index contributed by atoms with van der Waals surface area (Å²) in [6, 6.07) is 18.4. The highest BCUT2D eigenvalue weighted by atomic mass is 16.5. The lowest BCUT2D eigenvalue weighted by atomic mass is 10.2. The van der Waals surface area contributed by atoms with Crippen LogP contribution in [0.3, 0.4) is 0 Å². The second-order valence-corrected chi connectivity index (χ2v) is 7.66. The number of methoxy groups -OCH3 is 2. The minimum absolute atomic E-state index is 0.292. The zero-order valence-corrected chi connectivity index (χ0v) is 18.8. The number of guanidine groups is 1. The van der Waals surface area contributed by atoms with Crippen LogP contribution in [0.4, 0.5) is 5.69 Å². The van der Waals surface area contributed by atoms with E-state index >= 15 is 0 Å². The maximum Gasteiger partial charge on any atom is 0.191 e. The molecule has 0 bridgehead atoms. The van der Waals surface area contributed by atoms with Gasteiger partial charge in [0.1, 0.15) is 11.5 Å². The molecular formula is C24H30N6O2. The second-order valence-electron chi connectivity index (χ2n) is 7.66. The Bertz CT molecular complexity index is 1030. The maximum absolute atomic E-state index is 5.41. The molecular weight excluding hydrogens is 404 g/mol. The van der Waals surface area contributed by atoms with Gasteiger partial charge in [0.05, 0.1) is 32.1 Å². The number of nitrogens with zero attached hydrogens (tertiary/aromatic N) is 4. The fourth-order valence-corrected chi connectivity index (χ4v) is 3.83. The van der Waals surface area contributed by atoms with E-state index in [1.807, 2.05) is 65.5 Å². The number of anilines is 1. The van der Waals surface area contributed by atoms with E-state index in [4.69, 9.17) is 9.47 Å². The minimum atomic E-state index is 0.292. The average molecular weight is 435 g/mol. The Hall–Kier alpha value is -3.68. The molecule has 0 saturated carbocycles. The number of benzene rings is 2. The molecule has 2 N–H and O–H groups in total. The molecule has 1 saturated heterocycles. The summed E-state index contributed by atoms with van der Waals surface area (Å²) in [6.07, 6.45) is 2.99. The molecule has 32 heavy (non-hydrogen) atoms. The third-order valence-electron chi connectivity index (χ3n) is 5.56. The molecule has 2 heterocycles. The van der Waals surface area contributed by atoms with Crippen molar-refractivity contribution in [1.29, 1.82) is 0 Å². The number of aliphatic imine (C=N–C) groups is 1. The van der Waals surface area contributed by atoms with Crippen LogP contribution >= 0.6 is 0 Å². The van der Waals surface area contributed by atoms with E-state index in [1.54, 1.807) is 21.3 Å². The predicted molar refractivity (Wildman–Crippen MR) is 127 cm³/mol. The first-order chi connectivity index (χ1) is 15.7. The number of hydrogen-bond acceptors (Lipinski definition) is 5. The molecule has 0 aliphatic carbocycles. The molecule has 0 amide bonds. The molecule has 3 aromatic rings. The van der Waals surface area contributed by atoms with Gasteiger partial charge in [-0.3, -0.25) is 4.99 Å². The van der Waals surface area contributed by atoms with Crippen LogP contribution in [0, 0.1) is 0 Å². The third kappa shape index (κ3) is 5.14. The first-order valence-corrected chi connectivity index (χ1v) is 10.7. The zero-order valence-electron chi connectivity index (χ0n) is 18.8. The van der Waals surface area contributed by atoms with Gasteiger partial charge in [-0.05, 0) is 24.6 Å². The Morgan fingerprint density at radius 2 is 1.81 bits per heavy atom. The molecule has 0 spiro atoms. The topological polar surface area (TPSA) is 75.9 Å². The third-order valence-corrected chi connectivity index (χ3v) is 5.56. The van der Waals surface area contributed by atoms with Gasteiger partial charge in [-0.2, -0.15) is 5.10 Å². The molecule has 8 nitrogen and oxygen atoms in total. The van der Waals surface area contributed by atoms with E-state index < -0.39 is 0 Å². The van der Waals surface area contributed by atoms with Gasteiger partial charge in [-0.25, -0.2) is 4.68 Å². The van der Waals surface area contributed by atoms with E-state index in [2.05, 4.69) is 25.6 Å². The highest BCUT2D eigenvalue weighted by Gasteiger charge is 2.24. The SMILES string of the molecule is CN=C(NCc1ccn(-c2ccccc2)n1)NC1CCN(c2cc(OC)cc(OC)c2)C1. The van der Waals surface area contributed by atoms with Crippen molar-refractivity contribution >= 4 is 11.6 Å². The van der Waals surface area contributed by atoms with Crippen LogP contribution in [0.25, 0.3) is 5.69 Å². The monoisotopic (exact) mass is 434 g/mol. The summed E-state index contributed by atoms with van der Waals surface area (Å²) in [7, 11) is 5.13.